The molecule has 1 saturated heterocycles. The molecule has 1 aliphatic heterocycles. The summed E-state index contributed by atoms with van der Waals surface area (Å²) in [5.74, 6) is 1.08. The highest BCUT2D eigenvalue weighted by Crippen LogP contribution is 2.20. The number of methoxy groups -OCH3 is 1. The van der Waals surface area contributed by atoms with Gasteiger partial charge in [0.25, 0.3) is 5.91 Å². The van der Waals surface area contributed by atoms with Crippen molar-refractivity contribution in [1.82, 2.24) is 5.01 Å². The highest BCUT2D eigenvalue weighted by Gasteiger charge is 2.25. The van der Waals surface area contributed by atoms with Gasteiger partial charge in [-0.05, 0) is 24.1 Å². The third-order valence-corrected chi connectivity index (χ3v) is 3.82. The molecule has 2 rings (SSSR count). The fourth-order valence-corrected chi connectivity index (χ4v) is 2.47. The highest BCUT2D eigenvalue weighted by atomic mass is 32.2. The number of hydrogen-bond donors (Lipinski definition) is 0. The van der Waals surface area contributed by atoms with E-state index >= 15 is 0 Å². The summed E-state index contributed by atoms with van der Waals surface area (Å²) in [5, 5.41) is 5.36. The van der Waals surface area contributed by atoms with Crippen molar-refractivity contribution < 1.29 is 9.53 Å². The topological polar surface area (TPSA) is 41.9 Å². The van der Waals surface area contributed by atoms with E-state index in [9.17, 15) is 4.79 Å². The molecule has 4 nitrogen and oxygen atoms in total. The van der Waals surface area contributed by atoms with E-state index in [-0.39, 0.29) is 5.91 Å². The number of carbonyl (C=O) groups excluding carboxylic acids is 1. The van der Waals surface area contributed by atoms with Crippen LogP contribution in [0.4, 0.5) is 0 Å². The van der Waals surface area contributed by atoms with Crippen LogP contribution in [0.5, 0.6) is 5.75 Å². The second-order valence-corrected chi connectivity index (χ2v) is 5.34. The van der Waals surface area contributed by atoms with Crippen molar-refractivity contribution in [3.05, 3.63) is 29.3 Å². The van der Waals surface area contributed by atoms with Gasteiger partial charge in [-0.3, -0.25) is 4.79 Å². The number of ether oxygens (including phenoxy) is 1. The minimum Gasteiger partial charge on any atom is -0.496 e. The van der Waals surface area contributed by atoms with Crippen LogP contribution in [0.1, 0.15) is 11.1 Å². The van der Waals surface area contributed by atoms with Crippen LogP contribution in [0.15, 0.2) is 23.3 Å². The Hall–Kier alpha value is -1.40. The van der Waals surface area contributed by atoms with Crippen molar-refractivity contribution in [3.63, 3.8) is 0 Å². The molecule has 0 bridgehead atoms. The Labute approximate surface area is 115 Å². The number of hydrazone groups is 1. The zero-order chi connectivity index (χ0) is 13.1. The first-order valence-electron chi connectivity index (χ1n) is 5.30. The van der Waals surface area contributed by atoms with Gasteiger partial charge in [0.15, 0.2) is 4.32 Å². The molecule has 6 heteroatoms. The number of nitrogens with zero attached hydrogens (tertiary/aromatic N) is 2. The molecule has 0 atom stereocenters. The molecule has 0 N–H and O–H groups in total. The zero-order valence-electron chi connectivity index (χ0n) is 10.0. The number of carbonyl (C=O) groups is 1. The molecular weight excluding hydrogens is 268 g/mol. The Balaban J connectivity index is 2.18. The summed E-state index contributed by atoms with van der Waals surface area (Å²) in [4.78, 5) is 11.5. The molecule has 0 aromatic heterocycles. The number of hydrogen-bond acceptors (Lipinski definition) is 5. The van der Waals surface area contributed by atoms with Crippen LogP contribution in [0, 0.1) is 6.92 Å². The first-order valence-corrected chi connectivity index (χ1v) is 6.69. The Kier molecular flexibility index (Phi) is 3.98. The molecule has 0 spiro atoms. The maximum Gasteiger partial charge on any atom is 0.259 e. The van der Waals surface area contributed by atoms with Crippen LogP contribution >= 0.6 is 24.0 Å². The summed E-state index contributed by atoms with van der Waals surface area (Å²) in [5.41, 5.74) is 1.92. The number of thiocarbonyl (C=S) groups is 1. The third-order valence-electron chi connectivity index (χ3n) is 2.48. The average molecular weight is 280 g/mol. The Morgan fingerprint density at radius 1 is 1.56 bits per heavy atom. The predicted octanol–water partition coefficient (Wildman–Crippen LogP) is 2.20. The van der Waals surface area contributed by atoms with E-state index in [0.29, 0.717) is 10.1 Å². The summed E-state index contributed by atoms with van der Waals surface area (Å²) < 4.78 is 5.72. The number of thioether (sulfide) groups is 1. The Morgan fingerprint density at radius 3 is 2.94 bits per heavy atom. The molecule has 0 aliphatic carbocycles. The summed E-state index contributed by atoms with van der Waals surface area (Å²) in [6.07, 6.45) is 1.61. The molecule has 1 aliphatic rings. The lowest BCUT2D eigenvalue weighted by Crippen LogP contribution is -2.22. The van der Waals surface area contributed by atoms with Gasteiger partial charge in [0.1, 0.15) is 5.75 Å². The van der Waals surface area contributed by atoms with Crippen LogP contribution in [0.2, 0.25) is 0 Å². The maximum atomic E-state index is 11.5. The van der Waals surface area contributed by atoms with Crippen LogP contribution in [0.3, 0.4) is 0 Å². The van der Waals surface area contributed by atoms with Crippen LogP contribution in [0.25, 0.3) is 0 Å². The molecule has 0 radical (unpaired) electrons. The molecule has 1 aromatic rings. The number of amides is 1. The Morgan fingerprint density at radius 2 is 2.33 bits per heavy atom. The van der Waals surface area contributed by atoms with E-state index < -0.39 is 0 Å². The van der Waals surface area contributed by atoms with Gasteiger partial charge in [0.2, 0.25) is 0 Å². The van der Waals surface area contributed by atoms with Gasteiger partial charge in [-0.1, -0.05) is 36.1 Å². The SMILES string of the molecule is COc1cc(/C=N/N2C(=O)CSC2=S)ccc1C. The smallest absolute Gasteiger partial charge is 0.259 e. The molecule has 94 valence electrons. The van der Waals surface area contributed by atoms with Gasteiger partial charge >= 0.3 is 0 Å². The van der Waals surface area contributed by atoms with Gasteiger partial charge in [0, 0.05) is 0 Å². The normalized spacial score (nSPS) is 15.8. The first-order chi connectivity index (χ1) is 8.61. The molecule has 1 fully saturated rings. The van der Waals surface area contributed by atoms with E-state index in [4.69, 9.17) is 17.0 Å². The lowest BCUT2D eigenvalue weighted by atomic mass is 10.1. The van der Waals surface area contributed by atoms with Crippen molar-refractivity contribution in [1.29, 1.82) is 0 Å². The minimum absolute atomic E-state index is 0.0830. The van der Waals surface area contributed by atoms with Gasteiger partial charge < -0.3 is 4.74 Å². The van der Waals surface area contributed by atoms with Crippen molar-refractivity contribution in [3.8, 4) is 5.75 Å². The fourth-order valence-electron chi connectivity index (χ4n) is 1.50. The van der Waals surface area contributed by atoms with Gasteiger partial charge in [-0.2, -0.15) is 10.1 Å². The minimum atomic E-state index is -0.0830. The summed E-state index contributed by atoms with van der Waals surface area (Å²) >= 11 is 6.36. The largest absolute Gasteiger partial charge is 0.496 e. The van der Waals surface area contributed by atoms with E-state index in [1.54, 1.807) is 13.3 Å². The molecule has 1 aromatic carbocycles. The second kappa shape index (κ2) is 5.49. The van der Waals surface area contributed by atoms with E-state index in [1.807, 2.05) is 25.1 Å². The lowest BCUT2D eigenvalue weighted by Gasteiger charge is -2.07. The third kappa shape index (κ3) is 2.70. The van der Waals surface area contributed by atoms with Gasteiger partial charge in [0.05, 0.1) is 19.1 Å². The number of aryl methyl sites for hydroxylation is 1. The Bertz CT molecular complexity index is 513. The first kappa shape index (κ1) is 13.0. The van der Waals surface area contributed by atoms with Crippen LogP contribution in [-0.4, -0.2) is 34.3 Å². The average Bonchev–Trinajstić information content (AvgIpc) is 2.68. The van der Waals surface area contributed by atoms with E-state index in [2.05, 4.69) is 5.10 Å². The number of benzene rings is 1. The van der Waals surface area contributed by atoms with Crippen molar-refractivity contribution in [2.45, 2.75) is 6.92 Å². The van der Waals surface area contributed by atoms with E-state index in [0.717, 1.165) is 16.9 Å². The standard InChI is InChI=1S/C12H12N2O2S2/c1-8-3-4-9(5-10(8)16-2)6-13-14-11(15)7-18-12(14)17/h3-6H,7H2,1-2H3/b13-6+. The summed E-state index contributed by atoms with van der Waals surface area (Å²) in [6, 6.07) is 5.73. The van der Waals surface area contributed by atoms with Crippen LogP contribution in [-0.2, 0) is 4.79 Å². The monoisotopic (exact) mass is 280 g/mol. The van der Waals surface area contributed by atoms with Crippen molar-refractivity contribution >= 4 is 40.4 Å². The van der Waals surface area contributed by atoms with Gasteiger partial charge in [-0.25, -0.2) is 0 Å². The zero-order valence-corrected chi connectivity index (χ0v) is 11.7. The summed E-state index contributed by atoms with van der Waals surface area (Å²) in [6.45, 7) is 1.97. The molecule has 1 amide bonds. The molecule has 18 heavy (non-hydrogen) atoms. The van der Waals surface area contributed by atoms with Gasteiger partial charge in [-0.15, -0.1) is 0 Å². The predicted molar refractivity (Wildman–Crippen MR) is 77.2 cm³/mol. The molecule has 0 saturated carbocycles. The molecule has 0 unspecified atom stereocenters. The summed E-state index contributed by atoms with van der Waals surface area (Å²) in [7, 11) is 1.62. The highest BCUT2D eigenvalue weighted by molar-refractivity contribution is 8.23. The van der Waals surface area contributed by atoms with Crippen molar-refractivity contribution in [2.24, 2.45) is 5.10 Å². The molecule has 1 heterocycles. The van der Waals surface area contributed by atoms with Crippen LogP contribution < -0.4 is 4.74 Å². The molecular formula is C12H12N2O2S2. The quantitative estimate of drug-likeness (QED) is 0.629. The van der Waals surface area contributed by atoms with Crippen molar-refractivity contribution in [2.75, 3.05) is 12.9 Å². The number of rotatable bonds is 3. The maximum absolute atomic E-state index is 11.5. The fraction of sp³-hybridized carbons (Fsp3) is 0.250. The lowest BCUT2D eigenvalue weighted by molar-refractivity contribution is -0.123. The second-order valence-electron chi connectivity index (χ2n) is 3.73. The van der Waals surface area contributed by atoms with E-state index in [1.165, 1.54) is 16.8 Å².